The molecule has 1 aliphatic rings. The minimum absolute atomic E-state index is 0.00550. The molecule has 32 heavy (non-hydrogen) atoms. The number of unbranched alkanes of at least 4 members (excludes halogenated alkanes) is 1. The van der Waals surface area contributed by atoms with Crippen LogP contribution in [0.15, 0.2) is 83.8 Å². The first-order valence-corrected chi connectivity index (χ1v) is 11.9. The highest BCUT2D eigenvalue weighted by molar-refractivity contribution is 7.99. The number of benzene rings is 3. The molecule has 0 aliphatic carbocycles. The largest absolute Gasteiger partial charge is 0.385 e. The Morgan fingerprint density at radius 2 is 1.62 bits per heavy atom. The number of amides is 2. The molecule has 0 saturated heterocycles. The van der Waals surface area contributed by atoms with Gasteiger partial charge in [0.15, 0.2) is 0 Å². The molecule has 6 heteroatoms. The number of rotatable bonds is 8. The molecule has 5 nitrogen and oxygen atoms in total. The second kappa shape index (κ2) is 10.9. The van der Waals surface area contributed by atoms with Crippen LogP contribution < -0.4 is 15.5 Å². The molecular formula is C26H27N3O2S. The van der Waals surface area contributed by atoms with Crippen LogP contribution in [0.4, 0.5) is 17.1 Å². The van der Waals surface area contributed by atoms with Crippen LogP contribution in [-0.4, -0.2) is 30.7 Å². The van der Waals surface area contributed by atoms with Gasteiger partial charge in [0.2, 0.25) is 5.91 Å². The summed E-state index contributed by atoms with van der Waals surface area (Å²) in [6, 6.07) is 25.2. The summed E-state index contributed by atoms with van der Waals surface area (Å²) in [7, 11) is 0. The third kappa shape index (κ3) is 5.71. The standard InChI is InChI=1S/C26H27N3O2S/c30-25(13-7-8-16-27-21-11-5-2-6-12-21)28-22-14-15-24-23(19-22)29(17-18-32-24)26(31)20-9-3-1-4-10-20/h1-6,9-12,14-15,19,27H,7-8,13,16-18H2,(H,28,30). The van der Waals surface area contributed by atoms with Crippen molar-refractivity contribution in [3.05, 3.63) is 84.4 Å². The molecule has 164 valence electrons. The Morgan fingerprint density at radius 1 is 0.875 bits per heavy atom. The molecule has 2 N–H and O–H groups in total. The van der Waals surface area contributed by atoms with Crippen LogP contribution in [0.1, 0.15) is 29.6 Å². The zero-order valence-corrected chi connectivity index (χ0v) is 18.7. The molecule has 0 atom stereocenters. The fourth-order valence-electron chi connectivity index (χ4n) is 3.67. The van der Waals surface area contributed by atoms with Gasteiger partial charge < -0.3 is 15.5 Å². The molecule has 3 aromatic rings. The Bertz CT molecular complexity index is 1060. The van der Waals surface area contributed by atoms with Crippen molar-refractivity contribution in [2.75, 3.05) is 34.4 Å². The fraction of sp³-hybridized carbons (Fsp3) is 0.231. The Morgan fingerprint density at radius 3 is 2.41 bits per heavy atom. The molecule has 0 radical (unpaired) electrons. The molecule has 0 aromatic heterocycles. The van der Waals surface area contributed by atoms with E-state index in [1.54, 1.807) is 11.8 Å². The number of para-hydroxylation sites is 1. The number of nitrogens with one attached hydrogen (secondary N) is 2. The molecule has 0 saturated carbocycles. The molecule has 0 bridgehead atoms. The summed E-state index contributed by atoms with van der Waals surface area (Å²) in [5, 5.41) is 6.35. The number of nitrogens with zero attached hydrogens (tertiary/aromatic N) is 1. The quantitative estimate of drug-likeness (QED) is 0.439. The van der Waals surface area contributed by atoms with Crippen LogP contribution in [0.5, 0.6) is 0 Å². The monoisotopic (exact) mass is 445 g/mol. The summed E-state index contributed by atoms with van der Waals surface area (Å²) < 4.78 is 0. The van der Waals surface area contributed by atoms with E-state index in [4.69, 9.17) is 0 Å². The topological polar surface area (TPSA) is 61.4 Å². The number of anilines is 3. The lowest BCUT2D eigenvalue weighted by Gasteiger charge is -2.29. The summed E-state index contributed by atoms with van der Waals surface area (Å²) >= 11 is 1.74. The van der Waals surface area contributed by atoms with Crippen molar-refractivity contribution in [2.45, 2.75) is 24.2 Å². The fourth-order valence-corrected chi connectivity index (χ4v) is 4.64. The van der Waals surface area contributed by atoms with Crippen molar-refractivity contribution in [1.82, 2.24) is 0 Å². The van der Waals surface area contributed by atoms with Crippen LogP contribution >= 0.6 is 11.8 Å². The van der Waals surface area contributed by atoms with Gasteiger partial charge in [0.25, 0.3) is 5.91 Å². The molecular weight excluding hydrogens is 418 g/mol. The van der Waals surface area contributed by atoms with Gasteiger partial charge in [-0.25, -0.2) is 0 Å². The summed E-state index contributed by atoms with van der Waals surface area (Å²) in [6.45, 7) is 1.49. The number of hydrogen-bond acceptors (Lipinski definition) is 4. The minimum atomic E-state index is -0.0125. The first-order valence-electron chi connectivity index (χ1n) is 10.9. The van der Waals surface area contributed by atoms with Gasteiger partial charge in [0.05, 0.1) is 5.69 Å². The highest BCUT2D eigenvalue weighted by Gasteiger charge is 2.24. The maximum absolute atomic E-state index is 13.0. The summed E-state index contributed by atoms with van der Waals surface area (Å²) in [6.07, 6.45) is 2.20. The number of carbonyl (C=O) groups is 2. The van der Waals surface area contributed by atoms with E-state index in [0.717, 1.165) is 47.1 Å². The van der Waals surface area contributed by atoms with Gasteiger partial charge in [0.1, 0.15) is 0 Å². The number of thioether (sulfide) groups is 1. The summed E-state index contributed by atoms with van der Waals surface area (Å²) in [5.74, 6) is 0.837. The smallest absolute Gasteiger partial charge is 0.258 e. The van der Waals surface area contributed by atoms with Gasteiger partial charge in [-0.3, -0.25) is 9.59 Å². The predicted molar refractivity (Wildman–Crippen MR) is 133 cm³/mol. The van der Waals surface area contributed by atoms with E-state index >= 15 is 0 Å². The first kappa shape index (κ1) is 22.0. The van der Waals surface area contributed by atoms with Crippen molar-refractivity contribution in [1.29, 1.82) is 0 Å². The minimum Gasteiger partial charge on any atom is -0.385 e. The lowest BCUT2D eigenvalue weighted by molar-refractivity contribution is -0.116. The molecule has 2 amide bonds. The Hall–Kier alpha value is -3.25. The third-order valence-electron chi connectivity index (χ3n) is 5.31. The lowest BCUT2D eigenvalue weighted by atomic mass is 10.1. The van der Waals surface area contributed by atoms with Crippen LogP contribution in [0.3, 0.4) is 0 Å². The first-order chi connectivity index (χ1) is 15.7. The summed E-state index contributed by atoms with van der Waals surface area (Å²) in [5.41, 5.74) is 3.35. The van der Waals surface area contributed by atoms with E-state index in [0.29, 0.717) is 18.5 Å². The van der Waals surface area contributed by atoms with Crippen molar-refractivity contribution >= 4 is 40.6 Å². The molecule has 0 fully saturated rings. The molecule has 0 spiro atoms. The molecule has 4 rings (SSSR count). The maximum atomic E-state index is 13.0. The van der Waals surface area contributed by atoms with E-state index in [1.807, 2.05) is 83.8 Å². The van der Waals surface area contributed by atoms with Gasteiger partial charge in [-0.15, -0.1) is 11.8 Å². The molecule has 0 unspecified atom stereocenters. The van der Waals surface area contributed by atoms with E-state index in [9.17, 15) is 9.59 Å². The Balaban J connectivity index is 1.32. The zero-order valence-electron chi connectivity index (χ0n) is 17.9. The zero-order chi connectivity index (χ0) is 22.2. The maximum Gasteiger partial charge on any atom is 0.258 e. The number of fused-ring (bicyclic) bond motifs is 1. The van der Waals surface area contributed by atoms with E-state index in [1.165, 1.54) is 0 Å². The molecule has 1 heterocycles. The van der Waals surface area contributed by atoms with E-state index < -0.39 is 0 Å². The molecule has 1 aliphatic heterocycles. The van der Waals surface area contributed by atoms with Crippen LogP contribution in [-0.2, 0) is 4.79 Å². The molecule has 3 aromatic carbocycles. The second-order valence-electron chi connectivity index (χ2n) is 7.65. The van der Waals surface area contributed by atoms with Crippen molar-refractivity contribution in [3.8, 4) is 0 Å². The van der Waals surface area contributed by atoms with Crippen LogP contribution in [0.25, 0.3) is 0 Å². The number of carbonyl (C=O) groups excluding carboxylic acids is 2. The normalized spacial score (nSPS) is 12.7. The average molecular weight is 446 g/mol. The van der Waals surface area contributed by atoms with E-state index in [2.05, 4.69) is 10.6 Å². The summed E-state index contributed by atoms with van der Waals surface area (Å²) in [4.78, 5) is 28.3. The van der Waals surface area contributed by atoms with Crippen molar-refractivity contribution < 1.29 is 9.59 Å². The van der Waals surface area contributed by atoms with Gasteiger partial charge in [-0.1, -0.05) is 36.4 Å². The average Bonchev–Trinajstić information content (AvgIpc) is 2.84. The van der Waals surface area contributed by atoms with Gasteiger partial charge in [-0.2, -0.15) is 0 Å². The van der Waals surface area contributed by atoms with Crippen LogP contribution in [0, 0.1) is 0 Å². The van der Waals surface area contributed by atoms with Gasteiger partial charge in [0, 0.05) is 47.1 Å². The Labute approximate surface area is 193 Å². The van der Waals surface area contributed by atoms with Crippen LogP contribution in [0.2, 0.25) is 0 Å². The highest BCUT2D eigenvalue weighted by atomic mass is 32.2. The lowest BCUT2D eigenvalue weighted by Crippen LogP contribution is -2.35. The number of hydrogen-bond donors (Lipinski definition) is 2. The van der Waals surface area contributed by atoms with Gasteiger partial charge >= 0.3 is 0 Å². The highest BCUT2D eigenvalue weighted by Crippen LogP contribution is 2.37. The third-order valence-corrected chi connectivity index (χ3v) is 6.35. The SMILES string of the molecule is O=C(CCCCNc1ccccc1)Nc1ccc2c(c1)N(C(=O)c1ccccc1)CCS2. The Kier molecular flexibility index (Phi) is 7.46. The van der Waals surface area contributed by atoms with Crippen molar-refractivity contribution in [2.24, 2.45) is 0 Å². The predicted octanol–water partition coefficient (Wildman–Crippen LogP) is 5.66. The second-order valence-corrected chi connectivity index (χ2v) is 8.79. The van der Waals surface area contributed by atoms with Crippen molar-refractivity contribution in [3.63, 3.8) is 0 Å². The van der Waals surface area contributed by atoms with E-state index in [-0.39, 0.29) is 11.8 Å². The van der Waals surface area contributed by atoms with Gasteiger partial charge in [-0.05, 0) is 55.3 Å².